The van der Waals surface area contributed by atoms with Crippen LogP contribution >= 0.6 is 22.9 Å². The second kappa shape index (κ2) is 8.64. The summed E-state index contributed by atoms with van der Waals surface area (Å²) in [6, 6.07) is 14.8. The van der Waals surface area contributed by atoms with Crippen LogP contribution in [0.25, 0.3) is 0 Å². The van der Waals surface area contributed by atoms with Gasteiger partial charge >= 0.3 is 0 Å². The van der Waals surface area contributed by atoms with Crippen molar-refractivity contribution < 1.29 is 13.2 Å². The van der Waals surface area contributed by atoms with E-state index in [2.05, 4.69) is 9.88 Å². The summed E-state index contributed by atoms with van der Waals surface area (Å²) >= 11 is 7.55. The molecule has 1 unspecified atom stereocenters. The number of nitrogens with zero attached hydrogens (tertiary/aromatic N) is 4. The van der Waals surface area contributed by atoms with Crippen molar-refractivity contribution in [2.45, 2.75) is 30.2 Å². The van der Waals surface area contributed by atoms with E-state index in [9.17, 15) is 13.2 Å². The maximum absolute atomic E-state index is 13.5. The predicted molar refractivity (Wildman–Crippen MR) is 134 cm³/mol. The number of hydrogen-bond acceptors (Lipinski definition) is 6. The van der Waals surface area contributed by atoms with E-state index in [0.717, 1.165) is 28.4 Å². The molecule has 1 saturated heterocycles. The molecule has 2 aromatic carbocycles. The highest BCUT2D eigenvalue weighted by atomic mass is 35.5. The van der Waals surface area contributed by atoms with Gasteiger partial charge in [-0.25, -0.2) is 13.4 Å². The number of fused-ring (bicyclic) bond motifs is 2. The fourth-order valence-corrected chi connectivity index (χ4v) is 7.05. The second-order valence-corrected chi connectivity index (χ2v) is 12.6. The van der Waals surface area contributed by atoms with Crippen molar-refractivity contribution in [2.24, 2.45) is 0 Å². The lowest BCUT2D eigenvalue weighted by Crippen LogP contribution is -2.36. The van der Waals surface area contributed by atoms with Crippen molar-refractivity contribution in [1.82, 2.24) is 14.2 Å². The van der Waals surface area contributed by atoms with Crippen LogP contribution in [0.3, 0.4) is 0 Å². The van der Waals surface area contributed by atoms with Crippen LogP contribution in [0.4, 0.5) is 10.8 Å². The van der Waals surface area contributed by atoms with Crippen LogP contribution in [0.15, 0.2) is 59.6 Å². The standard InChI is InChI=1S/C24H25ClN4O3S2/c1-17(30)28-11-10-24(15-28)16-29(23-26-13-22(25)33-23)21-9-8-19(12-20(21)24)34(31,32)27(2)14-18-6-4-3-5-7-18/h3-9,12-13H,10-11,14-16H2,1-2H3. The Kier molecular flexibility index (Phi) is 5.92. The summed E-state index contributed by atoms with van der Waals surface area (Å²) in [5.74, 6) is 0.0283. The molecule has 178 valence electrons. The third-order valence-corrected chi connectivity index (χ3v) is 9.68. The van der Waals surface area contributed by atoms with Crippen LogP contribution in [0, 0.1) is 0 Å². The number of thiazole rings is 1. The zero-order valence-corrected chi connectivity index (χ0v) is 21.3. The number of hydrogen-bond donors (Lipinski definition) is 0. The van der Waals surface area contributed by atoms with E-state index < -0.39 is 10.0 Å². The van der Waals surface area contributed by atoms with Gasteiger partial charge in [-0.05, 0) is 35.7 Å². The van der Waals surface area contributed by atoms with Gasteiger partial charge in [0, 0.05) is 51.3 Å². The van der Waals surface area contributed by atoms with Gasteiger partial charge in [-0.1, -0.05) is 53.3 Å². The topological polar surface area (TPSA) is 73.8 Å². The minimum Gasteiger partial charge on any atom is -0.342 e. The molecule has 1 aromatic heterocycles. The Labute approximate surface area is 208 Å². The van der Waals surface area contributed by atoms with Crippen molar-refractivity contribution in [3.63, 3.8) is 0 Å². The molecule has 2 aliphatic heterocycles. The highest BCUT2D eigenvalue weighted by Crippen LogP contribution is 2.50. The molecule has 1 fully saturated rings. The zero-order valence-electron chi connectivity index (χ0n) is 18.9. The lowest BCUT2D eigenvalue weighted by atomic mass is 9.81. The molecular formula is C24H25ClN4O3S2. The van der Waals surface area contributed by atoms with Gasteiger partial charge in [0.2, 0.25) is 15.9 Å². The van der Waals surface area contributed by atoms with E-state index in [1.54, 1.807) is 32.3 Å². The Hall–Kier alpha value is -2.46. The Morgan fingerprint density at radius 3 is 2.62 bits per heavy atom. The molecule has 3 heterocycles. The number of carbonyl (C=O) groups is 1. The Morgan fingerprint density at radius 1 is 1.21 bits per heavy atom. The van der Waals surface area contributed by atoms with Crippen LogP contribution in [-0.4, -0.2) is 55.2 Å². The Bertz CT molecular complexity index is 1350. The summed E-state index contributed by atoms with van der Waals surface area (Å²) < 4.78 is 28.9. The first-order valence-corrected chi connectivity index (χ1v) is 13.6. The molecule has 0 aliphatic carbocycles. The molecule has 0 saturated carbocycles. The van der Waals surface area contributed by atoms with Gasteiger partial charge in [-0.3, -0.25) is 4.79 Å². The second-order valence-electron chi connectivity index (χ2n) is 8.93. The van der Waals surface area contributed by atoms with Gasteiger partial charge in [0.05, 0.1) is 11.1 Å². The average Bonchev–Trinajstić information content (AvgIpc) is 3.52. The van der Waals surface area contributed by atoms with Crippen LogP contribution in [0.1, 0.15) is 24.5 Å². The fraction of sp³-hybridized carbons (Fsp3) is 0.333. The number of rotatable bonds is 5. The summed E-state index contributed by atoms with van der Waals surface area (Å²) in [6.45, 7) is 3.68. The quantitative estimate of drug-likeness (QED) is 0.506. The molecule has 5 rings (SSSR count). The van der Waals surface area contributed by atoms with E-state index >= 15 is 0 Å². The number of sulfonamides is 1. The Morgan fingerprint density at radius 2 is 1.97 bits per heavy atom. The van der Waals surface area contributed by atoms with E-state index in [1.165, 1.54) is 15.6 Å². The van der Waals surface area contributed by atoms with Crippen molar-refractivity contribution in [3.8, 4) is 0 Å². The SMILES string of the molecule is CC(=O)N1CCC2(C1)CN(c1ncc(Cl)s1)c1ccc(S(=O)(=O)N(C)Cc3ccccc3)cc12. The summed E-state index contributed by atoms with van der Waals surface area (Å²) in [6.07, 6.45) is 2.39. The fourth-order valence-electron chi connectivity index (χ4n) is 4.95. The maximum atomic E-state index is 13.5. The number of likely N-dealkylation sites (tertiary alicyclic amines) is 1. The molecule has 1 amide bonds. The van der Waals surface area contributed by atoms with Gasteiger partial charge in [0.15, 0.2) is 5.13 Å². The molecule has 2 aliphatic rings. The maximum Gasteiger partial charge on any atom is 0.243 e. The van der Waals surface area contributed by atoms with Gasteiger partial charge in [-0.2, -0.15) is 4.31 Å². The van der Waals surface area contributed by atoms with E-state index in [1.807, 2.05) is 41.3 Å². The Balaban J connectivity index is 1.54. The summed E-state index contributed by atoms with van der Waals surface area (Å²) in [5.41, 5.74) is 2.42. The van der Waals surface area contributed by atoms with Gasteiger partial charge < -0.3 is 9.80 Å². The first-order valence-electron chi connectivity index (χ1n) is 11.0. The van der Waals surface area contributed by atoms with E-state index in [4.69, 9.17) is 11.6 Å². The first kappa shape index (κ1) is 23.3. The van der Waals surface area contributed by atoms with E-state index in [0.29, 0.717) is 24.0 Å². The third-order valence-electron chi connectivity index (χ3n) is 6.74. The number of amides is 1. The highest BCUT2D eigenvalue weighted by Gasteiger charge is 2.49. The molecular weight excluding hydrogens is 492 g/mol. The van der Waals surface area contributed by atoms with Crippen molar-refractivity contribution >= 4 is 49.7 Å². The van der Waals surface area contributed by atoms with Crippen LogP contribution < -0.4 is 4.90 Å². The lowest BCUT2D eigenvalue weighted by molar-refractivity contribution is -0.127. The molecule has 1 spiro atoms. The molecule has 0 N–H and O–H groups in total. The first-order chi connectivity index (χ1) is 16.2. The van der Waals surface area contributed by atoms with Crippen LogP contribution in [0.2, 0.25) is 4.34 Å². The normalized spacial score (nSPS) is 19.9. The number of aromatic nitrogens is 1. The summed E-state index contributed by atoms with van der Waals surface area (Å²) in [5, 5.41) is 0.765. The molecule has 3 aromatic rings. The third kappa shape index (κ3) is 4.00. The molecule has 7 nitrogen and oxygen atoms in total. The van der Waals surface area contributed by atoms with Crippen LogP contribution in [-0.2, 0) is 26.8 Å². The lowest BCUT2D eigenvalue weighted by Gasteiger charge is -2.25. The molecule has 0 radical (unpaired) electrons. The molecule has 0 bridgehead atoms. The predicted octanol–water partition coefficient (Wildman–Crippen LogP) is 4.26. The monoisotopic (exact) mass is 516 g/mol. The number of halogens is 1. The minimum absolute atomic E-state index is 0.0283. The van der Waals surface area contributed by atoms with Gasteiger partial charge in [0.1, 0.15) is 4.34 Å². The van der Waals surface area contributed by atoms with Gasteiger partial charge in [-0.15, -0.1) is 0 Å². The molecule has 10 heteroatoms. The van der Waals surface area contributed by atoms with Crippen LogP contribution in [0.5, 0.6) is 0 Å². The van der Waals surface area contributed by atoms with Crippen molar-refractivity contribution in [1.29, 1.82) is 0 Å². The number of carbonyl (C=O) groups excluding carboxylic acids is 1. The molecule has 1 atom stereocenters. The van der Waals surface area contributed by atoms with E-state index in [-0.39, 0.29) is 22.8 Å². The van der Waals surface area contributed by atoms with Crippen molar-refractivity contribution in [2.75, 3.05) is 31.6 Å². The number of benzene rings is 2. The largest absolute Gasteiger partial charge is 0.342 e. The number of anilines is 2. The summed E-state index contributed by atoms with van der Waals surface area (Å²) in [7, 11) is -2.11. The summed E-state index contributed by atoms with van der Waals surface area (Å²) in [4.78, 5) is 20.8. The highest BCUT2D eigenvalue weighted by molar-refractivity contribution is 7.89. The van der Waals surface area contributed by atoms with Crippen molar-refractivity contribution in [3.05, 3.63) is 70.2 Å². The minimum atomic E-state index is -3.71. The zero-order chi connectivity index (χ0) is 24.1. The average molecular weight is 517 g/mol. The van der Waals surface area contributed by atoms with Gasteiger partial charge in [0.25, 0.3) is 0 Å². The smallest absolute Gasteiger partial charge is 0.243 e. The molecule has 34 heavy (non-hydrogen) atoms.